The fourth-order valence-electron chi connectivity index (χ4n) is 0.401. The Labute approximate surface area is 48.4 Å². The number of nitrogens with one attached hydrogen (secondary N) is 1. The Morgan fingerprint density at radius 2 is 2.50 bits per heavy atom. The van der Waals surface area contributed by atoms with E-state index in [1.54, 1.807) is 0 Å². The van der Waals surface area contributed by atoms with Gasteiger partial charge in [0.15, 0.2) is 0 Å². The van der Waals surface area contributed by atoms with Crippen molar-refractivity contribution in [2.24, 2.45) is 11.7 Å². The number of rotatable bonds is 3. The zero-order valence-corrected chi connectivity index (χ0v) is 4.85. The maximum Gasteiger partial charge on any atom is 0.225 e. The van der Waals surface area contributed by atoms with E-state index in [4.69, 9.17) is 11.1 Å². The Hall–Kier alpha value is -0.860. The molecule has 3 N–H and O–H groups in total. The third kappa shape index (κ3) is 1.73. The molecule has 1 atom stereocenters. The lowest BCUT2D eigenvalue weighted by Gasteiger charge is -1.99. The Balaban J connectivity index is 3.69. The minimum Gasteiger partial charge on any atom is -0.369 e. The van der Waals surface area contributed by atoms with Gasteiger partial charge in [-0.2, -0.15) is 0 Å². The van der Waals surface area contributed by atoms with Gasteiger partial charge in [0.25, 0.3) is 0 Å². The zero-order valence-electron chi connectivity index (χ0n) is 4.85. The van der Waals surface area contributed by atoms with Crippen LogP contribution in [0.5, 0.6) is 0 Å². The highest BCUT2D eigenvalue weighted by atomic mass is 16.1. The highest BCUT2D eigenvalue weighted by Gasteiger charge is 2.06. The Morgan fingerprint density at radius 3 is 2.50 bits per heavy atom. The van der Waals surface area contributed by atoms with Gasteiger partial charge < -0.3 is 11.1 Å². The van der Waals surface area contributed by atoms with Crippen molar-refractivity contribution < 1.29 is 4.79 Å². The Bertz CT molecular complexity index is 101. The molecule has 0 aliphatic carbocycles. The van der Waals surface area contributed by atoms with Crippen molar-refractivity contribution >= 4 is 12.1 Å². The van der Waals surface area contributed by atoms with Crippen molar-refractivity contribution in [3.05, 3.63) is 0 Å². The molecule has 0 aromatic carbocycles. The summed E-state index contributed by atoms with van der Waals surface area (Å²) in [6.45, 7) is 1.82. The molecule has 0 saturated carbocycles. The second-order valence-corrected chi connectivity index (χ2v) is 1.58. The highest BCUT2D eigenvalue weighted by Crippen LogP contribution is 1.94. The van der Waals surface area contributed by atoms with Gasteiger partial charge in [-0.15, -0.1) is 0 Å². The van der Waals surface area contributed by atoms with Crippen LogP contribution in [0.25, 0.3) is 0 Å². The van der Waals surface area contributed by atoms with Crippen LogP contribution in [0.3, 0.4) is 0 Å². The van der Waals surface area contributed by atoms with Crippen molar-refractivity contribution in [1.29, 1.82) is 5.41 Å². The van der Waals surface area contributed by atoms with Gasteiger partial charge in [0.1, 0.15) is 0 Å². The summed E-state index contributed by atoms with van der Waals surface area (Å²) in [5.41, 5.74) is 4.87. The number of carbonyl (C=O) groups excluding carboxylic acids is 1. The molecule has 0 fully saturated rings. The molecular formula is C5H10N2O. The first-order valence-corrected chi connectivity index (χ1v) is 2.52. The monoisotopic (exact) mass is 114 g/mol. The van der Waals surface area contributed by atoms with Crippen LogP contribution in [0, 0.1) is 11.3 Å². The Morgan fingerprint density at radius 1 is 2.00 bits per heavy atom. The fraction of sp³-hybridized carbons (Fsp3) is 0.600. The number of primary amides is 1. The second-order valence-electron chi connectivity index (χ2n) is 1.58. The predicted molar refractivity (Wildman–Crippen MR) is 31.8 cm³/mol. The first kappa shape index (κ1) is 7.14. The lowest BCUT2D eigenvalue weighted by atomic mass is 10.1. The van der Waals surface area contributed by atoms with E-state index in [1.165, 1.54) is 0 Å². The van der Waals surface area contributed by atoms with Gasteiger partial charge >= 0.3 is 0 Å². The van der Waals surface area contributed by atoms with Gasteiger partial charge in [0.05, 0.1) is 5.92 Å². The summed E-state index contributed by atoms with van der Waals surface area (Å²) in [6, 6.07) is 0. The smallest absolute Gasteiger partial charge is 0.225 e. The standard InChI is InChI=1S/C5H10N2O/c1-2-4(3-6)5(7)8/h3-4,6H,2H2,1H3,(H2,7,8)/t4-/m0/s1. The molecule has 0 bridgehead atoms. The lowest BCUT2D eigenvalue weighted by molar-refractivity contribution is -0.119. The van der Waals surface area contributed by atoms with Gasteiger partial charge in [-0.25, -0.2) is 0 Å². The van der Waals surface area contributed by atoms with Crippen molar-refractivity contribution in [2.45, 2.75) is 13.3 Å². The topological polar surface area (TPSA) is 66.9 Å². The van der Waals surface area contributed by atoms with Crippen molar-refractivity contribution in [1.82, 2.24) is 0 Å². The molecule has 0 aliphatic rings. The first-order chi connectivity index (χ1) is 3.72. The van der Waals surface area contributed by atoms with Crippen LogP contribution in [-0.4, -0.2) is 12.1 Å². The minimum absolute atomic E-state index is 0.366. The first-order valence-electron chi connectivity index (χ1n) is 2.52. The quantitative estimate of drug-likeness (QED) is 0.504. The van der Waals surface area contributed by atoms with Gasteiger partial charge in [-0.1, -0.05) is 6.92 Å². The van der Waals surface area contributed by atoms with Crippen LogP contribution >= 0.6 is 0 Å². The SMILES string of the molecule is CC[C@@H](C=N)C(N)=O. The molecule has 0 heterocycles. The van der Waals surface area contributed by atoms with Gasteiger partial charge in [0, 0.05) is 6.21 Å². The average molecular weight is 114 g/mol. The van der Waals surface area contributed by atoms with E-state index in [0.717, 1.165) is 6.21 Å². The number of amides is 1. The third-order valence-electron chi connectivity index (χ3n) is 1.01. The van der Waals surface area contributed by atoms with Crippen molar-refractivity contribution in [2.75, 3.05) is 0 Å². The van der Waals surface area contributed by atoms with Gasteiger partial charge in [0.2, 0.25) is 5.91 Å². The van der Waals surface area contributed by atoms with E-state index in [9.17, 15) is 4.79 Å². The van der Waals surface area contributed by atoms with Crippen LogP contribution in [0.4, 0.5) is 0 Å². The van der Waals surface area contributed by atoms with Crippen LogP contribution < -0.4 is 5.73 Å². The largest absolute Gasteiger partial charge is 0.369 e. The second kappa shape index (κ2) is 3.18. The molecule has 8 heavy (non-hydrogen) atoms. The van der Waals surface area contributed by atoms with E-state index in [-0.39, 0.29) is 5.92 Å². The Kier molecular flexibility index (Phi) is 2.84. The number of nitrogens with two attached hydrogens (primary N) is 1. The van der Waals surface area contributed by atoms with E-state index in [0.29, 0.717) is 6.42 Å². The number of hydrogen-bond acceptors (Lipinski definition) is 2. The molecule has 0 aromatic heterocycles. The fourth-order valence-corrected chi connectivity index (χ4v) is 0.401. The molecule has 0 spiro atoms. The summed E-state index contributed by atoms with van der Waals surface area (Å²) in [6.07, 6.45) is 1.70. The van der Waals surface area contributed by atoms with E-state index in [2.05, 4.69) is 0 Å². The molecule has 46 valence electrons. The van der Waals surface area contributed by atoms with E-state index >= 15 is 0 Å². The predicted octanol–water partition coefficient (Wildman–Crippen LogP) is 0.147. The summed E-state index contributed by atoms with van der Waals surface area (Å²) < 4.78 is 0. The van der Waals surface area contributed by atoms with E-state index < -0.39 is 5.91 Å². The van der Waals surface area contributed by atoms with Crippen LogP contribution in [-0.2, 0) is 4.79 Å². The molecule has 0 rings (SSSR count). The number of carbonyl (C=O) groups is 1. The molecule has 3 heteroatoms. The molecular weight excluding hydrogens is 104 g/mol. The van der Waals surface area contributed by atoms with Gasteiger partial charge in [-0.3, -0.25) is 4.79 Å². The van der Waals surface area contributed by atoms with E-state index in [1.807, 2.05) is 6.92 Å². The minimum atomic E-state index is -0.414. The zero-order chi connectivity index (χ0) is 6.57. The molecule has 0 saturated heterocycles. The molecule has 0 radical (unpaired) electrons. The summed E-state index contributed by atoms with van der Waals surface area (Å²) in [5, 5.41) is 6.66. The number of hydrogen-bond donors (Lipinski definition) is 2. The van der Waals surface area contributed by atoms with Crippen molar-refractivity contribution in [3.8, 4) is 0 Å². The molecule has 1 amide bonds. The molecule has 0 aromatic rings. The van der Waals surface area contributed by atoms with Crippen LogP contribution in [0.1, 0.15) is 13.3 Å². The maximum absolute atomic E-state index is 10.2. The molecule has 0 unspecified atom stereocenters. The lowest BCUT2D eigenvalue weighted by Crippen LogP contribution is -2.23. The third-order valence-corrected chi connectivity index (χ3v) is 1.01. The van der Waals surface area contributed by atoms with Gasteiger partial charge in [-0.05, 0) is 6.42 Å². The summed E-state index contributed by atoms with van der Waals surface area (Å²) in [4.78, 5) is 10.2. The molecule has 3 nitrogen and oxygen atoms in total. The summed E-state index contributed by atoms with van der Waals surface area (Å²) in [7, 11) is 0. The van der Waals surface area contributed by atoms with Crippen LogP contribution in [0.15, 0.2) is 0 Å². The normalized spacial score (nSPS) is 12.6. The van der Waals surface area contributed by atoms with Crippen molar-refractivity contribution in [3.63, 3.8) is 0 Å². The maximum atomic E-state index is 10.2. The van der Waals surface area contributed by atoms with Crippen LogP contribution in [0.2, 0.25) is 0 Å². The summed E-state index contributed by atoms with van der Waals surface area (Å²) in [5.74, 6) is -0.780. The highest BCUT2D eigenvalue weighted by molar-refractivity contribution is 5.91. The summed E-state index contributed by atoms with van der Waals surface area (Å²) >= 11 is 0. The average Bonchev–Trinajstić information content (AvgIpc) is 1.69. The molecule has 0 aliphatic heterocycles.